The van der Waals surface area contributed by atoms with Crippen molar-refractivity contribution in [3.8, 4) is 0 Å². The second-order valence-corrected chi connectivity index (χ2v) is 11.1. The van der Waals surface area contributed by atoms with Crippen molar-refractivity contribution >= 4 is 55.3 Å². The van der Waals surface area contributed by atoms with E-state index >= 15 is 0 Å². The SMILES string of the molecule is Cc1cccc(C(C)C)c1N=Cc1ccc(C=Nc2c(C)cccc2C(C)C)s1.[Cl][Fe][Cl]. The van der Waals surface area contributed by atoms with Crippen LogP contribution in [0.25, 0.3) is 0 Å². The van der Waals surface area contributed by atoms with Crippen molar-refractivity contribution < 1.29 is 13.1 Å². The Morgan fingerprint density at radius 1 is 0.719 bits per heavy atom. The Morgan fingerprint density at radius 2 is 1.09 bits per heavy atom. The van der Waals surface area contributed by atoms with Gasteiger partial charge in [0.15, 0.2) is 0 Å². The number of benzene rings is 2. The first-order valence-electron chi connectivity index (χ1n) is 10.5. The molecule has 0 aliphatic carbocycles. The Kier molecular flexibility index (Phi) is 11.2. The van der Waals surface area contributed by atoms with Crippen molar-refractivity contribution in [2.45, 2.75) is 53.4 Å². The van der Waals surface area contributed by atoms with E-state index in [0.717, 1.165) is 21.1 Å². The van der Waals surface area contributed by atoms with E-state index in [9.17, 15) is 0 Å². The molecule has 3 rings (SSSR count). The van der Waals surface area contributed by atoms with Crippen LogP contribution in [-0.4, -0.2) is 12.4 Å². The maximum atomic E-state index is 4.82. The molecule has 1 heterocycles. The Labute approximate surface area is 211 Å². The fourth-order valence-corrected chi connectivity index (χ4v) is 4.17. The van der Waals surface area contributed by atoms with E-state index in [0.29, 0.717) is 11.8 Å². The standard InChI is InChI=1S/C26H30N2S.2ClH.Fe/c1-17(2)23-11-7-9-19(5)25(23)27-15-21-13-14-22(29-21)16-28-26-20(6)10-8-12-24(26)18(3)4;;;/h7-18H,1-6H3;2*1H;/q;;;+2/p-2. The molecular formula is C26H30Cl2FeN2S. The number of nitrogens with zero attached hydrogens (tertiary/aromatic N) is 2. The predicted octanol–water partition coefficient (Wildman–Crippen LogP) is 9.49. The minimum absolute atomic E-state index is 0.194. The summed E-state index contributed by atoms with van der Waals surface area (Å²) < 4.78 is 0. The second kappa shape index (κ2) is 13.3. The number of para-hydroxylation sites is 2. The van der Waals surface area contributed by atoms with Crippen LogP contribution in [0.2, 0.25) is 0 Å². The van der Waals surface area contributed by atoms with Gasteiger partial charge in [-0.1, -0.05) is 64.1 Å². The summed E-state index contributed by atoms with van der Waals surface area (Å²) in [6, 6.07) is 17.0. The van der Waals surface area contributed by atoms with Gasteiger partial charge in [-0.05, 0) is 60.1 Å². The van der Waals surface area contributed by atoms with Crippen LogP contribution in [0.3, 0.4) is 0 Å². The van der Waals surface area contributed by atoms with E-state index in [2.05, 4.69) is 90.1 Å². The van der Waals surface area contributed by atoms with E-state index in [1.807, 2.05) is 12.4 Å². The summed E-state index contributed by atoms with van der Waals surface area (Å²) in [5.74, 6) is 0.912. The molecule has 172 valence electrons. The molecule has 0 spiro atoms. The third-order valence-electron chi connectivity index (χ3n) is 5.07. The quantitative estimate of drug-likeness (QED) is 0.225. The number of hydrogen-bond acceptors (Lipinski definition) is 3. The summed E-state index contributed by atoms with van der Waals surface area (Å²) >= 11 is 1.91. The molecule has 32 heavy (non-hydrogen) atoms. The second-order valence-electron chi connectivity index (χ2n) is 8.14. The first-order valence-corrected chi connectivity index (χ1v) is 14.4. The van der Waals surface area contributed by atoms with Crippen LogP contribution in [0.4, 0.5) is 11.4 Å². The number of halogens is 2. The molecule has 0 saturated heterocycles. The van der Waals surface area contributed by atoms with Gasteiger partial charge in [-0.15, -0.1) is 11.3 Å². The van der Waals surface area contributed by atoms with E-state index in [1.54, 1.807) is 11.3 Å². The van der Waals surface area contributed by atoms with E-state index in [1.165, 1.54) is 22.3 Å². The molecule has 0 atom stereocenters. The van der Waals surface area contributed by atoms with Gasteiger partial charge in [-0.3, -0.25) is 9.98 Å². The molecular weight excluding hydrogens is 499 g/mol. The fraction of sp³-hybridized carbons (Fsp3) is 0.308. The number of thiophene rings is 1. The number of aliphatic imine (C=N–C) groups is 2. The van der Waals surface area contributed by atoms with Crippen molar-refractivity contribution in [1.29, 1.82) is 0 Å². The zero-order chi connectivity index (χ0) is 23.7. The Morgan fingerprint density at radius 3 is 1.44 bits per heavy atom. The zero-order valence-electron chi connectivity index (χ0n) is 19.3. The van der Waals surface area contributed by atoms with Crippen molar-refractivity contribution in [3.63, 3.8) is 0 Å². The van der Waals surface area contributed by atoms with Crippen molar-refractivity contribution in [2.24, 2.45) is 9.98 Å². The van der Waals surface area contributed by atoms with Crippen molar-refractivity contribution in [1.82, 2.24) is 0 Å². The zero-order valence-corrected chi connectivity index (χ0v) is 22.8. The first kappa shape index (κ1) is 26.8. The molecule has 0 aliphatic heterocycles. The molecule has 0 saturated carbocycles. The van der Waals surface area contributed by atoms with Gasteiger partial charge in [0.05, 0.1) is 11.4 Å². The molecule has 2 nitrogen and oxygen atoms in total. The fourth-order valence-electron chi connectivity index (χ4n) is 3.41. The topological polar surface area (TPSA) is 24.7 Å². The molecule has 0 aliphatic rings. The van der Waals surface area contributed by atoms with Gasteiger partial charge in [-0.25, -0.2) is 0 Å². The molecule has 6 heteroatoms. The van der Waals surface area contributed by atoms with E-state index < -0.39 is 0 Å². The summed E-state index contributed by atoms with van der Waals surface area (Å²) in [7, 11) is 9.53. The molecule has 2 aromatic carbocycles. The summed E-state index contributed by atoms with van der Waals surface area (Å²) in [5.41, 5.74) is 7.19. The molecule has 0 fully saturated rings. The molecule has 0 bridgehead atoms. The summed E-state index contributed by atoms with van der Waals surface area (Å²) in [5, 5.41) is 0. The van der Waals surface area contributed by atoms with Crippen LogP contribution in [-0.2, 0) is 13.1 Å². The average Bonchev–Trinajstić information content (AvgIpc) is 3.20. The average molecular weight is 529 g/mol. The third kappa shape index (κ3) is 7.57. The van der Waals surface area contributed by atoms with Crippen LogP contribution in [0.5, 0.6) is 0 Å². The minimum atomic E-state index is 0.194. The Balaban J connectivity index is 0.00000114. The number of hydrogen-bond donors (Lipinski definition) is 0. The van der Waals surface area contributed by atoms with Gasteiger partial charge in [0.1, 0.15) is 0 Å². The van der Waals surface area contributed by atoms with Gasteiger partial charge in [-0.2, -0.15) is 0 Å². The van der Waals surface area contributed by atoms with Crippen LogP contribution in [0, 0.1) is 13.8 Å². The third-order valence-corrected chi connectivity index (χ3v) is 6.03. The number of aryl methyl sites for hydroxylation is 2. The summed E-state index contributed by atoms with van der Waals surface area (Å²) in [4.78, 5) is 11.9. The Bertz CT molecular complexity index is 989. The van der Waals surface area contributed by atoms with Crippen LogP contribution in [0.1, 0.15) is 71.5 Å². The van der Waals surface area contributed by atoms with Gasteiger partial charge in [0.2, 0.25) is 0 Å². The van der Waals surface area contributed by atoms with E-state index in [-0.39, 0.29) is 13.1 Å². The van der Waals surface area contributed by atoms with Crippen LogP contribution in [0.15, 0.2) is 58.5 Å². The molecule has 0 radical (unpaired) electrons. The van der Waals surface area contributed by atoms with Crippen molar-refractivity contribution in [2.75, 3.05) is 0 Å². The van der Waals surface area contributed by atoms with Gasteiger partial charge in [0, 0.05) is 22.2 Å². The molecule has 0 unspecified atom stereocenters. The molecule has 1 aromatic heterocycles. The summed E-state index contributed by atoms with van der Waals surface area (Å²) in [6.07, 6.45) is 3.95. The van der Waals surface area contributed by atoms with Crippen LogP contribution >= 0.6 is 31.5 Å². The predicted molar refractivity (Wildman–Crippen MR) is 141 cm³/mol. The Hall–Kier alpha value is -1.42. The van der Waals surface area contributed by atoms with Crippen LogP contribution < -0.4 is 0 Å². The maximum absolute atomic E-state index is 4.82. The van der Waals surface area contributed by atoms with Gasteiger partial charge < -0.3 is 0 Å². The molecule has 0 amide bonds. The number of rotatable bonds is 6. The first-order chi connectivity index (χ1) is 15.3. The summed E-state index contributed by atoms with van der Waals surface area (Å²) in [6.45, 7) is 13.1. The molecule has 0 N–H and O–H groups in total. The molecule has 3 aromatic rings. The monoisotopic (exact) mass is 528 g/mol. The van der Waals surface area contributed by atoms with Gasteiger partial charge in [0.25, 0.3) is 0 Å². The normalized spacial score (nSPS) is 11.7. The van der Waals surface area contributed by atoms with E-state index in [4.69, 9.17) is 30.2 Å². The van der Waals surface area contributed by atoms with Gasteiger partial charge >= 0.3 is 33.3 Å². The van der Waals surface area contributed by atoms with Crippen molar-refractivity contribution in [3.05, 3.63) is 80.5 Å².